The second-order valence-corrected chi connectivity index (χ2v) is 5.51. The summed E-state index contributed by atoms with van der Waals surface area (Å²) in [5.74, 6) is 0.0314. The highest BCUT2D eigenvalue weighted by Gasteiger charge is 2.30. The molecule has 1 aliphatic rings. The number of benzene rings is 2. The maximum absolute atomic E-state index is 12.4. The number of hydrogen-bond donors (Lipinski definition) is 1. The lowest BCUT2D eigenvalue weighted by atomic mass is 9.98. The number of hydrogen-bond acceptors (Lipinski definition) is 2. The lowest BCUT2D eigenvalue weighted by Crippen LogP contribution is -2.53. The molecule has 0 radical (unpaired) electrons. The summed E-state index contributed by atoms with van der Waals surface area (Å²) in [6.45, 7) is 0.901. The second-order valence-electron chi connectivity index (χ2n) is 5.51. The molecule has 0 aromatic heterocycles. The molecule has 21 heavy (non-hydrogen) atoms. The Labute approximate surface area is 124 Å². The summed E-state index contributed by atoms with van der Waals surface area (Å²) in [5, 5.41) is 9.34. The second kappa shape index (κ2) is 6.10. The molecule has 0 spiro atoms. The van der Waals surface area contributed by atoms with Crippen molar-refractivity contribution in [2.45, 2.75) is 18.9 Å². The van der Waals surface area contributed by atoms with Crippen molar-refractivity contribution < 1.29 is 9.90 Å². The van der Waals surface area contributed by atoms with Crippen LogP contribution in [0, 0.1) is 0 Å². The molecule has 1 aliphatic heterocycles. The molecule has 1 amide bonds. The van der Waals surface area contributed by atoms with Crippen LogP contribution < -0.4 is 0 Å². The smallest absolute Gasteiger partial charge is 0.254 e. The third kappa shape index (κ3) is 3.14. The van der Waals surface area contributed by atoms with Gasteiger partial charge in [-0.15, -0.1) is 0 Å². The number of aliphatic hydroxyl groups is 1. The van der Waals surface area contributed by atoms with Crippen LogP contribution >= 0.6 is 0 Å². The van der Waals surface area contributed by atoms with Crippen LogP contribution in [-0.2, 0) is 12.8 Å². The van der Waals surface area contributed by atoms with Crippen LogP contribution in [-0.4, -0.2) is 35.1 Å². The minimum atomic E-state index is -0.356. The monoisotopic (exact) mass is 281 g/mol. The van der Waals surface area contributed by atoms with Crippen molar-refractivity contribution in [3.63, 3.8) is 0 Å². The first-order valence-electron chi connectivity index (χ1n) is 7.33. The van der Waals surface area contributed by atoms with Gasteiger partial charge in [0.25, 0.3) is 5.91 Å². The van der Waals surface area contributed by atoms with Gasteiger partial charge in [0, 0.05) is 18.7 Å². The van der Waals surface area contributed by atoms with Crippen molar-refractivity contribution in [3.05, 3.63) is 71.3 Å². The van der Waals surface area contributed by atoms with Crippen LogP contribution in [0.25, 0.3) is 0 Å². The number of nitrogens with zero attached hydrogens (tertiary/aromatic N) is 1. The quantitative estimate of drug-likeness (QED) is 0.934. The SMILES string of the molecule is O=C(c1ccccc1CCc1ccccc1)N1CC(O)C1. The van der Waals surface area contributed by atoms with Crippen molar-refractivity contribution >= 4 is 5.91 Å². The van der Waals surface area contributed by atoms with Crippen molar-refractivity contribution in [2.75, 3.05) is 13.1 Å². The Hall–Kier alpha value is -2.13. The van der Waals surface area contributed by atoms with E-state index in [-0.39, 0.29) is 12.0 Å². The summed E-state index contributed by atoms with van der Waals surface area (Å²) in [6.07, 6.45) is 1.42. The zero-order valence-corrected chi connectivity index (χ0v) is 11.9. The Kier molecular flexibility index (Phi) is 4.02. The maximum atomic E-state index is 12.4. The highest BCUT2D eigenvalue weighted by Crippen LogP contribution is 2.18. The molecular formula is C18H19NO2. The van der Waals surface area contributed by atoms with Crippen LogP contribution in [0.3, 0.4) is 0 Å². The molecule has 2 aromatic carbocycles. The van der Waals surface area contributed by atoms with E-state index < -0.39 is 0 Å². The average Bonchev–Trinajstić information content (AvgIpc) is 2.50. The summed E-state index contributed by atoms with van der Waals surface area (Å²) in [6, 6.07) is 18.1. The van der Waals surface area contributed by atoms with E-state index in [0.717, 1.165) is 24.0 Å². The highest BCUT2D eigenvalue weighted by atomic mass is 16.3. The lowest BCUT2D eigenvalue weighted by molar-refractivity contribution is 0.00582. The fourth-order valence-electron chi connectivity index (χ4n) is 2.66. The molecule has 0 aliphatic carbocycles. The number of β-amino-alcohol motifs (C(OH)–C–C–N with tert-alkyl or cyclic N) is 1. The fourth-order valence-corrected chi connectivity index (χ4v) is 2.66. The third-order valence-corrected chi connectivity index (χ3v) is 3.92. The molecule has 1 saturated heterocycles. The number of rotatable bonds is 4. The molecule has 3 nitrogen and oxygen atoms in total. The molecular weight excluding hydrogens is 262 g/mol. The van der Waals surface area contributed by atoms with Crippen molar-refractivity contribution in [1.82, 2.24) is 4.90 Å². The van der Waals surface area contributed by atoms with E-state index in [1.54, 1.807) is 4.90 Å². The van der Waals surface area contributed by atoms with Gasteiger partial charge in [-0.05, 0) is 30.0 Å². The van der Waals surface area contributed by atoms with Crippen LogP contribution in [0.1, 0.15) is 21.5 Å². The van der Waals surface area contributed by atoms with Crippen LogP contribution in [0.4, 0.5) is 0 Å². The van der Waals surface area contributed by atoms with Crippen LogP contribution in [0.15, 0.2) is 54.6 Å². The van der Waals surface area contributed by atoms with E-state index in [1.165, 1.54) is 5.56 Å². The van der Waals surface area contributed by atoms with Gasteiger partial charge in [-0.3, -0.25) is 4.79 Å². The zero-order valence-electron chi connectivity index (χ0n) is 11.9. The normalized spacial score (nSPS) is 14.8. The van der Waals surface area contributed by atoms with Crippen molar-refractivity contribution in [3.8, 4) is 0 Å². The number of aliphatic hydroxyl groups excluding tert-OH is 1. The van der Waals surface area contributed by atoms with Crippen LogP contribution in [0.5, 0.6) is 0 Å². The zero-order chi connectivity index (χ0) is 14.7. The fraction of sp³-hybridized carbons (Fsp3) is 0.278. The molecule has 0 unspecified atom stereocenters. The summed E-state index contributed by atoms with van der Waals surface area (Å²) in [7, 11) is 0. The standard InChI is InChI=1S/C18H19NO2/c20-16-12-19(13-16)18(21)17-9-5-4-8-15(17)11-10-14-6-2-1-3-7-14/h1-9,16,20H,10-13H2. The van der Waals surface area contributed by atoms with E-state index in [9.17, 15) is 9.90 Å². The molecule has 3 heteroatoms. The van der Waals surface area contributed by atoms with Gasteiger partial charge in [-0.2, -0.15) is 0 Å². The summed E-state index contributed by atoms with van der Waals surface area (Å²) < 4.78 is 0. The van der Waals surface area contributed by atoms with Crippen molar-refractivity contribution in [2.24, 2.45) is 0 Å². The van der Waals surface area contributed by atoms with E-state index in [4.69, 9.17) is 0 Å². The van der Waals surface area contributed by atoms with Crippen molar-refractivity contribution in [1.29, 1.82) is 0 Å². The lowest BCUT2D eigenvalue weighted by Gasteiger charge is -2.36. The van der Waals surface area contributed by atoms with Gasteiger partial charge < -0.3 is 10.0 Å². The molecule has 1 fully saturated rings. The van der Waals surface area contributed by atoms with Crippen LogP contribution in [0.2, 0.25) is 0 Å². The Morgan fingerprint density at radius 2 is 1.67 bits per heavy atom. The van der Waals surface area contributed by atoms with Gasteiger partial charge in [0.1, 0.15) is 0 Å². The Morgan fingerprint density at radius 1 is 1.00 bits per heavy atom. The van der Waals surface area contributed by atoms with Gasteiger partial charge >= 0.3 is 0 Å². The summed E-state index contributed by atoms with van der Waals surface area (Å²) in [4.78, 5) is 14.1. The summed E-state index contributed by atoms with van der Waals surface area (Å²) in [5.41, 5.74) is 3.12. The Bertz CT molecular complexity index is 618. The predicted octanol–water partition coefficient (Wildman–Crippen LogP) is 2.29. The first-order valence-corrected chi connectivity index (χ1v) is 7.33. The number of aryl methyl sites for hydroxylation is 2. The first-order chi connectivity index (χ1) is 10.2. The van der Waals surface area contributed by atoms with E-state index >= 15 is 0 Å². The maximum Gasteiger partial charge on any atom is 0.254 e. The Balaban J connectivity index is 1.72. The molecule has 0 saturated carbocycles. The number of likely N-dealkylation sites (tertiary alicyclic amines) is 1. The molecule has 0 bridgehead atoms. The molecule has 3 rings (SSSR count). The first kappa shape index (κ1) is 13.8. The molecule has 1 N–H and O–H groups in total. The minimum Gasteiger partial charge on any atom is -0.389 e. The van der Waals surface area contributed by atoms with Gasteiger partial charge in [0.15, 0.2) is 0 Å². The molecule has 0 atom stereocenters. The van der Waals surface area contributed by atoms with Gasteiger partial charge in [0.2, 0.25) is 0 Å². The highest BCUT2D eigenvalue weighted by molar-refractivity contribution is 5.96. The molecule has 108 valence electrons. The topological polar surface area (TPSA) is 40.5 Å². The molecule has 2 aromatic rings. The largest absolute Gasteiger partial charge is 0.389 e. The number of amides is 1. The minimum absolute atomic E-state index is 0.0314. The Morgan fingerprint density at radius 3 is 2.38 bits per heavy atom. The van der Waals surface area contributed by atoms with E-state index in [0.29, 0.717) is 13.1 Å². The predicted molar refractivity (Wildman–Crippen MR) is 82.2 cm³/mol. The average molecular weight is 281 g/mol. The molecule has 1 heterocycles. The summed E-state index contributed by atoms with van der Waals surface area (Å²) >= 11 is 0. The number of carbonyl (C=O) groups is 1. The van der Waals surface area contributed by atoms with E-state index in [2.05, 4.69) is 12.1 Å². The van der Waals surface area contributed by atoms with E-state index in [1.807, 2.05) is 42.5 Å². The van der Waals surface area contributed by atoms with Gasteiger partial charge in [-0.25, -0.2) is 0 Å². The van der Waals surface area contributed by atoms with Gasteiger partial charge in [-0.1, -0.05) is 48.5 Å². The van der Waals surface area contributed by atoms with Gasteiger partial charge in [0.05, 0.1) is 6.10 Å². The third-order valence-electron chi connectivity index (χ3n) is 3.92. The number of carbonyl (C=O) groups excluding carboxylic acids is 1.